The molecule has 0 saturated carbocycles. The van der Waals surface area contributed by atoms with E-state index in [4.69, 9.17) is 0 Å². The second kappa shape index (κ2) is 5.59. The van der Waals surface area contributed by atoms with Gasteiger partial charge in [-0.25, -0.2) is 4.98 Å². The Labute approximate surface area is 86.5 Å². The van der Waals surface area contributed by atoms with Gasteiger partial charge >= 0.3 is 0 Å². The van der Waals surface area contributed by atoms with E-state index in [1.807, 2.05) is 10.8 Å². The molecule has 0 aliphatic carbocycles. The number of anilines is 1. The Kier molecular flexibility index (Phi) is 4.39. The van der Waals surface area contributed by atoms with Gasteiger partial charge in [-0.1, -0.05) is 6.08 Å². The van der Waals surface area contributed by atoms with Gasteiger partial charge in [-0.3, -0.25) is 4.21 Å². The maximum atomic E-state index is 10.9. The summed E-state index contributed by atoms with van der Waals surface area (Å²) in [5, 5.41) is 3.10. The molecule has 0 aliphatic rings. The Bertz CT molecular complexity index is 322. The van der Waals surface area contributed by atoms with Crippen LogP contribution in [0, 0.1) is 0 Å². The summed E-state index contributed by atoms with van der Waals surface area (Å²) in [5.41, 5.74) is 0. The van der Waals surface area contributed by atoms with Crippen LogP contribution in [-0.4, -0.2) is 32.3 Å². The van der Waals surface area contributed by atoms with E-state index >= 15 is 0 Å². The summed E-state index contributed by atoms with van der Waals surface area (Å²) in [7, 11) is -0.761. The number of nitrogens with one attached hydrogen (secondary N) is 1. The van der Waals surface area contributed by atoms with E-state index in [1.165, 1.54) is 0 Å². The lowest BCUT2D eigenvalue weighted by Gasteiger charge is -2.06. The summed E-state index contributed by atoms with van der Waals surface area (Å²) in [6.07, 6.45) is 7.08. The molecule has 0 radical (unpaired) electrons. The molecule has 1 rings (SSSR count). The first-order chi connectivity index (χ1) is 6.74. The number of aryl methyl sites for hydroxylation is 1. The van der Waals surface area contributed by atoms with Crippen molar-refractivity contribution >= 4 is 16.7 Å². The van der Waals surface area contributed by atoms with Crippen LogP contribution in [-0.2, 0) is 17.3 Å². The van der Waals surface area contributed by atoms with E-state index < -0.39 is 10.8 Å². The molecule has 1 N–H and O–H groups in total. The van der Waals surface area contributed by atoms with E-state index in [2.05, 4.69) is 16.9 Å². The minimum Gasteiger partial charge on any atom is -0.352 e. The SMILES string of the molecule is C=CCNc1nccn1CCS(C)=O. The zero-order chi connectivity index (χ0) is 10.4. The molecule has 0 saturated heterocycles. The van der Waals surface area contributed by atoms with Gasteiger partial charge in [0.05, 0.1) is 0 Å². The smallest absolute Gasteiger partial charge is 0.203 e. The highest BCUT2D eigenvalue weighted by molar-refractivity contribution is 7.84. The number of hydrogen-bond acceptors (Lipinski definition) is 3. The van der Waals surface area contributed by atoms with Crippen molar-refractivity contribution in [2.75, 3.05) is 23.9 Å². The molecule has 14 heavy (non-hydrogen) atoms. The first kappa shape index (κ1) is 11.0. The Morgan fingerprint density at radius 2 is 2.57 bits per heavy atom. The average Bonchev–Trinajstić information content (AvgIpc) is 2.58. The molecular formula is C9H15N3OS. The molecule has 0 spiro atoms. The first-order valence-electron chi connectivity index (χ1n) is 4.40. The fourth-order valence-electron chi connectivity index (χ4n) is 1.05. The third-order valence-electron chi connectivity index (χ3n) is 1.74. The number of rotatable bonds is 6. The van der Waals surface area contributed by atoms with Gasteiger partial charge in [-0.15, -0.1) is 6.58 Å². The highest BCUT2D eigenvalue weighted by Crippen LogP contribution is 2.03. The van der Waals surface area contributed by atoms with Crippen LogP contribution in [0.15, 0.2) is 25.0 Å². The summed E-state index contributed by atoms with van der Waals surface area (Å²) in [5.74, 6) is 1.45. The molecule has 0 fully saturated rings. The zero-order valence-corrected chi connectivity index (χ0v) is 9.09. The molecule has 78 valence electrons. The Hall–Kier alpha value is -1.10. The second-order valence-corrected chi connectivity index (χ2v) is 4.45. The predicted octanol–water partition coefficient (Wildman–Crippen LogP) is 0.859. The van der Waals surface area contributed by atoms with Gasteiger partial charge in [0, 0.05) is 48.3 Å². The molecular weight excluding hydrogens is 198 g/mol. The lowest BCUT2D eigenvalue weighted by Crippen LogP contribution is -2.10. The maximum Gasteiger partial charge on any atom is 0.203 e. The predicted molar refractivity (Wildman–Crippen MR) is 59.8 cm³/mol. The summed E-state index contributed by atoms with van der Waals surface area (Å²) in [6.45, 7) is 5.03. The monoisotopic (exact) mass is 213 g/mol. The van der Waals surface area contributed by atoms with Crippen LogP contribution < -0.4 is 5.32 Å². The highest BCUT2D eigenvalue weighted by atomic mass is 32.2. The summed E-state index contributed by atoms with van der Waals surface area (Å²) in [4.78, 5) is 4.14. The van der Waals surface area contributed by atoms with Gasteiger partial charge in [-0.05, 0) is 0 Å². The third-order valence-corrected chi connectivity index (χ3v) is 2.50. The van der Waals surface area contributed by atoms with Crippen LogP contribution in [0.1, 0.15) is 0 Å². The fraction of sp³-hybridized carbons (Fsp3) is 0.444. The van der Waals surface area contributed by atoms with Crippen molar-refractivity contribution in [2.24, 2.45) is 0 Å². The van der Waals surface area contributed by atoms with Gasteiger partial charge in [0.1, 0.15) is 0 Å². The van der Waals surface area contributed by atoms with Crippen LogP contribution in [0.2, 0.25) is 0 Å². The van der Waals surface area contributed by atoms with Crippen molar-refractivity contribution in [3.63, 3.8) is 0 Å². The quantitative estimate of drug-likeness (QED) is 0.713. The third kappa shape index (κ3) is 3.33. The van der Waals surface area contributed by atoms with Gasteiger partial charge in [0.15, 0.2) is 0 Å². The van der Waals surface area contributed by atoms with E-state index in [0.29, 0.717) is 12.3 Å². The van der Waals surface area contributed by atoms with Gasteiger partial charge in [0.25, 0.3) is 0 Å². The number of imidazole rings is 1. The first-order valence-corrected chi connectivity index (χ1v) is 6.12. The molecule has 1 unspecified atom stereocenters. The topological polar surface area (TPSA) is 46.9 Å². The van der Waals surface area contributed by atoms with E-state index in [1.54, 1.807) is 18.5 Å². The molecule has 1 aromatic heterocycles. The average molecular weight is 213 g/mol. The highest BCUT2D eigenvalue weighted by Gasteiger charge is 2.01. The summed E-state index contributed by atoms with van der Waals surface area (Å²) in [6, 6.07) is 0. The lowest BCUT2D eigenvalue weighted by molar-refractivity contribution is 0.678. The molecule has 5 heteroatoms. The normalized spacial score (nSPS) is 12.4. The number of aromatic nitrogens is 2. The Morgan fingerprint density at radius 3 is 3.21 bits per heavy atom. The van der Waals surface area contributed by atoms with Gasteiger partial charge in [-0.2, -0.15) is 0 Å². The zero-order valence-electron chi connectivity index (χ0n) is 8.27. The van der Waals surface area contributed by atoms with Crippen LogP contribution in [0.4, 0.5) is 5.95 Å². The van der Waals surface area contributed by atoms with Crippen molar-refractivity contribution in [1.29, 1.82) is 0 Å². The van der Waals surface area contributed by atoms with Crippen LogP contribution in [0.3, 0.4) is 0 Å². The van der Waals surface area contributed by atoms with Crippen molar-refractivity contribution in [3.8, 4) is 0 Å². The number of nitrogens with zero attached hydrogens (tertiary/aromatic N) is 2. The molecule has 0 amide bonds. The molecule has 1 heterocycles. The van der Waals surface area contributed by atoms with Gasteiger partial charge < -0.3 is 9.88 Å². The maximum absolute atomic E-state index is 10.9. The molecule has 1 aromatic rings. The van der Waals surface area contributed by atoms with Crippen molar-refractivity contribution < 1.29 is 4.21 Å². The molecule has 4 nitrogen and oxygen atoms in total. The summed E-state index contributed by atoms with van der Waals surface area (Å²) >= 11 is 0. The minimum atomic E-state index is -0.761. The molecule has 0 aromatic carbocycles. The molecule has 0 bridgehead atoms. The molecule has 0 aliphatic heterocycles. The van der Waals surface area contributed by atoms with Crippen molar-refractivity contribution in [1.82, 2.24) is 9.55 Å². The fourth-order valence-corrected chi connectivity index (χ4v) is 1.50. The van der Waals surface area contributed by atoms with Gasteiger partial charge in [0.2, 0.25) is 5.95 Å². The van der Waals surface area contributed by atoms with E-state index in [-0.39, 0.29) is 0 Å². The Balaban J connectivity index is 2.53. The van der Waals surface area contributed by atoms with Crippen molar-refractivity contribution in [2.45, 2.75) is 6.54 Å². The largest absolute Gasteiger partial charge is 0.352 e. The van der Waals surface area contributed by atoms with Crippen LogP contribution >= 0.6 is 0 Å². The summed E-state index contributed by atoms with van der Waals surface area (Å²) < 4.78 is 12.9. The van der Waals surface area contributed by atoms with Crippen LogP contribution in [0.25, 0.3) is 0 Å². The Morgan fingerprint density at radius 1 is 1.79 bits per heavy atom. The molecule has 1 atom stereocenters. The van der Waals surface area contributed by atoms with E-state index in [0.717, 1.165) is 12.5 Å². The van der Waals surface area contributed by atoms with Crippen LogP contribution in [0.5, 0.6) is 0 Å². The van der Waals surface area contributed by atoms with Crippen molar-refractivity contribution in [3.05, 3.63) is 25.0 Å². The second-order valence-electron chi connectivity index (χ2n) is 2.89. The van der Waals surface area contributed by atoms with E-state index in [9.17, 15) is 4.21 Å². The lowest BCUT2D eigenvalue weighted by atomic mass is 10.6. The minimum absolute atomic E-state index is 0.652. The number of hydrogen-bond donors (Lipinski definition) is 1. The standard InChI is InChI=1S/C9H15N3OS/c1-3-4-10-9-11-5-6-12(9)7-8-14(2)13/h3,5-6H,1,4,7-8H2,2H3,(H,10,11).